The first-order chi connectivity index (χ1) is 15.8. The second-order valence-corrected chi connectivity index (χ2v) is 10.9. The number of sulfonamides is 1. The summed E-state index contributed by atoms with van der Waals surface area (Å²) in [6, 6.07) is 18.7. The largest absolute Gasteiger partial charge is 0.325 e. The van der Waals surface area contributed by atoms with Gasteiger partial charge in [-0.3, -0.25) is 4.79 Å². The lowest BCUT2D eigenvalue weighted by molar-refractivity contribution is -0.118. The summed E-state index contributed by atoms with van der Waals surface area (Å²) in [4.78, 5) is 13.4. The molecule has 1 N–H and O–H groups in total. The van der Waals surface area contributed by atoms with Crippen LogP contribution in [0, 0.1) is 12.7 Å². The molecule has 1 amide bonds. The van der Waals surface area contributed by atoms with Gasteiger partial charge in [0.05, 0.1) is 10.3 Å². The fourth-order valence-electron chi connectivity index (χ4n) is 4.46. The van der Waals surface area contributed by atoms with Crippen LogP contribution < -0.4 is 5.32 Å². The molecule has 170 valence electrons. The number of carbonyl (C=O) groups excluding carboxylic acids is 1. The van der Waals surface area contributed by atoms with Gasteiger partial charge < -0.3 is 5.32 Å². The van der Waals surface area contributed by atoms with Crippen LogP contribution in [0.25, 0.3) is 0 Å². The number of nitrogens with one attached hydrogen (secondary N) is 1. The van der Waals surface area contributed by atoms with Gasteiger partial charge in [-0.1, -0.05) is 35.9 Å². The molecule has 3 aromatic carbocycles. The van der Waals surface area contributed by atoms with Crippen LogP contribution >= 0.6 is 0 Å². The number of hydrogen-bond donors (Lipinski definition) is 1. The second-order valence-electron chi connectivity index (χ2n) is 8.93. The normalized spacial score (nSPS) is 17.3. The topological polar surface area (TPSA) is 66.5 Å². The molecule has 5 rings (SSSR count). The Morgan fingerprint density at radius 1 is 0.970 bits per heavy atom. The van der Waals surface area contributed by atoms with Gasteiger partial charge in [0.1, 0.15) is 5.82 Å². The Bertz CT molecular complexity index is 1310. The number of benzene rings is 3. The zero-order valence-corrected chi connectivity index (χ0v) is 19.2. The number of amides is 1. The summed E-state index contributed by atoms with van der Waals surface area (Å²) in [5, 5.41) is 3.00. The third-order valence-corrected chi connectivity index (χ3v) is 8.54. The van der Waals surface area contributed by atoms with Crippen molar-refractivity contribution in [1.82, 2.24) is 4.31 Å². The van der Waals surface area contributed by atoms with Gasteiger partial charge in [0, 0.05) is 18.8 Å². The number of hydrogen-bond acceptors (Lipinski definition) is 3. The van der Waals surface area contributed by atoms with E-state index in [9.17, 15) is 17.6 Å². The van der Waals surface area contributed by atoms with Gasteiger partial charge in [0.15, 0.2) is 0 Å². The molecule has 0 atom stereocenters. The van der Waals surface area contributed by atoms with Gasteiger partial charge >= 0.3 is 0 Å². The van der Waals surface area contributed by atoms with E-state index in [-0.39, 0.29) is 23.2 Å². The van der Waals surface area contributed by atoms with Crippen molar-refractivity contribution in [3.63, 3.8) is 0 Å². The van der Waals surface area contributed by atoms with E-state index in [1.807, 2.05) is 25.1 Å². The first-order valence-electron chi connectivity index (χ1n) is 11.0. The molecule has 0 saturated heterocycles. The highest BCUT2D eigenvalue weighted by atomic mass is 32.2. The van der Waals surface area contributed by atoms with Crippen molar-refractivity contribution in [3.8, 4) is 0 Å². The van der Waals surface area contributed by atoms with E-state index in [1.165, 1.54) is 16.4 Å². The van der Waals surface area contributed by atoms with E-state index in [0.717, 1.165) is 35.1 Å². The van der Waals surface area contributed by atoms with Crippen molar-refractivity contribution in [2.24, 2.45) is 0 Å². The van der Waals surface area contributed by atoms with Crippen molar-refractivity contribution in [3.05, 3.63) is 94.8 Å². The average molecular weight is 465 g/mol. The number of nitrogens with zero attached hydrogens (tertiary/aromatic N) is 1. The lowest BCUT2D eigenvalue weighted by Gasteiger charge is -2.28. The number of aryl methyl sites for hydroxylation is 1. The number of halogens is 1. The number of fused-ring (bicyclic) bond motifs is 1. The third-order valence-electron chi connectivity index (χ3n) is 6.68. The number of carbonyl (C=O) groups is 1. The molecule has 33 heavy (non-hydrogen) atoms. The summed E-state index contributed by atoms with van der Waals surface area (Å²) in [7, 11) is -3.59. The first kappa shape index (κ1) is 21.8. The second kappa shape index (κ2) is 8.08. The molecule has 1 saturated carbocycles. The standard InChI is InChI=1S/C26H25FN2O3S/c1-18-2-10-24(11-3-18)33(31,32)29-15-12-19-4-9-23(16-20(19)17-29)28-25(30)26(13-14-26)21-5-7-22(27)8-6-21/h2-11,16H,12-15,17H2,1H3,(H,28,30). The van der Waals surface area contributed by atoms with Crippen LogP contribution in [-0.4, -0.2) is 25.2 Å². The van der Waals surface area contributed by atoms with Gasteiger partial charge in [0.25, 0.3) is 0 Å². The maximum Gasteiger partial charge on any atom is 0.243 e. The van der Waals surface area contributed by atoms with Gasteiger partial charge in [0.2, 0.25) is 15.9 Å². The highest BCUT2D eigenvalue weighted by Crippen LogP contribution is 2.49. The van der Waals surface area contributed by atoms with Crippen LogP contribution in [0.5, 0.6) is 0 Å². The third kappa shape index (κ3) is 4.07. The van der Waals surface area contributed by atoms with Crippen molar-refractivity contribution in [2.75, 3.05) is 11.9 Å². The predicted molar refractivity (Wildman–Crippen MR) is 125 cm³/mol. The van der Waals surface area contributed by atoms with Gasteiger partial charge in [-0.05, 0) is 79.3 Å². The van der Waals surface area contributed by atoms with Crippen LogP contribution in [0.1, 0.15) is 35.1 Å². The Morgan fingerprint density at radius 3 is 2.33 bits per heavy atom. The Labute approximate surface area is 193 Å². The Kier molecular flexibility index (Phi) is 5.34. The maximum atomic E-state index is 13.3. The number of anilines is 1. The van der Waals surface area contributed by atoms with Gasteiger partial charge in [-0.25, -0.2) is 12.8 Å². The van der Waals surface area contributed by atoms with E-state index >= 15 is 0 Å². The van der Waals surface area contributed by atoms with Crippen LogP contribution in [0.2, 0.25) is 0 Å². The Morgan fingerprint density at radius 2 is 1.67 bits per heavy atom. The lowest BCUT2D eigenvalue weighted by Crippen LogP contribution is -2.36. The molecule has 2 aliphatic rings. The fraction of sp³-hybridized carbons (Fsp3) is 0.269. The van der Waals surface area contributed by atoms with Crippen LogP contribution in [0.4, 0.5) is 10.1 Å². The van der Waals surface area contributed by atoms with E-state index < -0.39 is 15.4 Å². The molecule has 1 fully saturated rings. The van der Waals surface area contributed by atoms with Crippen molar-refractivity contribution < 1.29 is 17.6 Å². The fourth-order valence-corrected chi connectivity index (χ4v) is 5.88. The Balaban J connectivity index is 1.35. The molecule has 0 spiro atoms. The van der Waals surface area contributed by atoms with E-state index in [2.05, 4.69) is 5.32 Å². The molecule has 1 aliphatic heterocycles. The summed E-state index contributed by atoms with van der Waals surface area (Å²) in [5.41, 5.74) is 3.82. The molecule has 7 heteroatoms. The summed E-state index contributed by atoms with van der Waals surface area (Å²) in [5.74, 6) is -0.441. The minimum Gasteiger partial charge on any atom is -0.325 e. The van der Waals surface area contributed by atoms with Crippen LogP contribution in [0.15, 0.2) is 71.6 Å². The maximum absolute atomic E-state index is 13.3. The van der Waals surface area contributed by atoms with Crippen LogP contribution in [-0.2, 0) is 33.2 Å². The van der Waals surface area contributed by atoms with Crippen molar-refractivity contribution in [1.29, 1.82) is 0 Å². The van der Waals surface area contributed by atoms with E-state index in [4.69, 9.17) is 0 Å². The Hall–Kier alpha value is -3.03. The molecule has 0 radical (unpaired) electrons. The SMILES string of the molecule is Cc1ccc(S(=O)(=O)N2CCc3ccc(NC(=O)C4(c5ccc(F)cc5)CC4)cc3C2)cc1. The molecule has 0 unspecified atom stereocenters. The monoisotopic (exact) mass is 464 g/mol. The first-order valence-corrected chi connectivity index (χ1v) is 12.5. The molecule has 1 aliphatic carbocycles. The lowest BCUT2D eigenvalue weighted by atomic mass is 9.94. The van der Waals surface area contributed by atoms with Crippen LogP contribution in [0.3, 0.4) is 0 Å². The molecule has 0 bridgehead atoms. The zero-order chi connectivity index (χ0) is 23.2. The minimum atomic E-state index is -3.59. The molecule has 0 aromatic heterocycles. The molecule has 5 nitrogen and oxygen atoms in total. The highest BCUT2D eigenvalue weighted by Gasteiger charge is 2.51. The average Bonchev–Trinajstić information content (AvgIpc) is 3.61. The van der Waals surface area contributed by atoms with E-state index in [0.29, 0.717) is 18.7 Å². The summed E-state index contributed by atoms with van der Waals surface area (Å²) in [6.07, 6.45) is 2.06. The van der Waals surface area contributed by atoms with Gasteiger partial charge in [-0.2, -0.15) is 4.31 Å². The minimum absolute atomic E-state index is 0.117. The van der Waals surface area contributed by atoms with E-state index in [1.54, 1.807) is 36.4 Å². The smallest absolute Gasteiger partial charge is 0.243 e. The molecule has 3 aromatic rings. The molecule has 1 heterocycles. The summed E-state index contributed by atoms with van der Waals surface area (Å²) in [6.45, 7) is 2.60. The molecular weight excluding hydrogens is 439 g/mol. The van der Waals surface area contributed by atoms with Crippen molar-refractivity contribution >= 4 is 21.6 Å². The highest BCUT2D eigenvalue weighted by molar-refractivity contribution is 7.89. The number of rotatable bonds is 5. The molecular formula is C26H25FN2O3S. The summed E-state index contributed by atoms with van der Waals surface area (Å²) >= 11 is 0. The predicted octanol–water partition coefficient (Wildman–Crippen LogP) is 4.55. The zero-order valence-electron chi connectivity index (χ0n) is 18.3. The van der Waals surface area contributed by atoms with Crippen molar-refractivity contribution in [2.45, 2.75) is 43.0 Å². The summed E-state index contributed by atoms with van der Waals surface area (Å²) < 4.78 is 41.0. The van der Waals surface area contributed by atoms with Gasteiger partial charge in [-0.15, -0.1) is 0 Å². The quantitative estimate of drug-likeness (QED) is 0.602.